The van der Waals surface area contributed by atoms with E-state index in [9.17, 15) is 0 Å². The van der Waals surface area contributed by atoms with E-state index < -0.39 is 0 Å². The molecule has 3 rings (SSSR count). The second kappa shape index (κ2) is 8.74. The molecule has 1 aliphatic heterocycles. The van der Waals surface area contributed by atoms with Gasteiger partial charge in [0.25, 0.3) is 0 Å². The summed E-state index contributed by atoms with van der Waals surface area (Å²) in [5.74, 6) is 2.41. The highest BCUT2D eigenvalue weighted by Crippen LogP contribution is 2.27. The van der Waals surface area contributed by atoms with E-state index in [0.717, 1.165) is 43.3 Å². The smallest absolute Gasteiger partial charge is 0.194 e. The van der Waals surface area contributed by atoms with Crippen LogP contribution in [0.3, 0.4) is 0 Å². The van der Waals surface area contributed by atoms with Gasteiger partial charge in [0.2, 0.25) is 0 Å². The largest absolute Gasteiger partial charge is 0.494 e. The normalized spacial score (nSPS) is 17.6. The van der Waals surface area contributed by atoms with E-state index in [1.165, 1.54) is 5.56 Å². The minimum atomic E-state index is 0.517. The van der Waals surface area contributed by atoms with Crippen molar-refractivity contribution in [3.63, 3.8) is 0 Å². The van der Waals surface area contributed by atoms with Gasteiger partial charge in [-0.2, -0.15) is 5.10 Å². The lowest BCUT2D eigenvalue weighted by Crippen LogP contribution is -2.40. The number of benzene rings is 1. The highest BCUT2D eigenvalue weighted by atomic mass is 16.5. The number of ether oxygens (including phenoxy) is 1. The lowest BCUT2D eigenvalue weighted by atomic mass is 10.0. The van der Waals surface area contributed by atoms with Crippen LogP contribution in [0.1, 0.15) is 37.3 Å². The topological polar surface area (TPSA) is 54.7 Å². The molecule has 1 fully saturated rings. The zero-order chi connectivity index (χ0) is 18.4. The van der Waals surface area contributed by atoms with Gasteiger partial charge in [-0.25, -0.2) is 4.99 Å². The lowest BCUT2D eigenvalue weighted by molar-refractivity contribution is 0.336. The summed E-state index contributed by atoms with van der Waals surface area (Å²) >= 11 is 0. The maximum Gasteiger partial charge on any atom is 0.194 e. The Hall–Kier alpha value is -2.50. The third-order valence-corrected chi connectivity index (χ3v) is 4.69. The number of guanidine groups is 1. The van der Waals surface area contributed by atoms with Crippen molar-refractivity contribution in [1.29, 1.82) is 0 Å². The third kappa shape index (κ3) is 4.36. The number of aliphatic imine (C=N–C) groups is 1. The van der Waals surface area contributed by atoms with Crippen LogP contribution in [0.25, 0.3) is 0 Å². The van der Waals surface area contributed by atoms with Gasteiger partial charge in [0.15, 0.2) is 5.96 Å². The average molecular weight is 355 g/mol. The number of nitrogens with zero attached hydrogens (tertiary/aromatic N) is 4. The molecule has 0 amide bonds. The van der Waals surface area contributed by atoms with Gasteiger partial charge in [0, 0.05) is 44.4 Å². The number of likely N-dealkylation sites (tertiary alicyclic amines) is 1. The second-order valence-corrected chi connectivity index (χ2v) is 6.59. The average Bonchev–Trinajstić information content (AvgIpc) is 3.29. The fourth-order valence-electron chi connectivity index (χ4n) is 3.39. The molecular formula is C20H29N5O. The zero-order valence-electron chi connectivity index (χ0n) is 16.0. The molecule has 26 heavy (non-hydrogen) atoms. The molecule has 1 aromatic carbocycles. The zero-order valence-corrected chi connectivity index (χ0v) is 16.0. The predicted octanol–water partition coefficient (Wildman–Crippen LogP) is 2.77. The first-order chi connectivity index (χ1) is 12.7. The van der Waals surface area contributed by atoms with E-state index in [1.807, 2.05) is 43.0 Å². The molecule has 1 aliphatic rings. The van der Waals surface area contributed by atoms with Crippen LogP contribution in [-0.4, -0.2) is 46.9 Å². The van der Waals surface area contributed by atoms with Crippen molar-refractivity contribution in [2.75, 3.05) is 26.2 Å². The maximum absolute atomic E-state index is 5.72. The molecule has 1 aromatic heterocycles. The Labute approximate surface area is 155 Å². The van der Waals surface area contributed by atoms with E-state index in [1.54, 1.807) is 0 Å². The van der Waals surface area contributed by atoms with E-state index in [4.69, 9.17) is 9.73 Å². The molecule has 6 heteroatoms. The summed E-state index contributed by atoms with van der Waals surface area (Å²) in [6.45, 7) is 8.25. The third-order valence-electron chi connectivity index (χ3n) is 4.69. The molecule has 0 spiro atoms. The first-order valence-corrected chi connectivity index (χ1v) is 9.43. The van der Waals surface area contributed by atoms with E-state index in [0.29, 0.717) is 19.1 Å². The molecule has 1 N–H and O–H groups in total. The SMILES string of the molecule is CCNC(=NCc1ccccc1OCC)N1CCC(c2cnn(C)c2)C1. The van der Waals surface area contributed by atoms with Gasteiger partial charge in [-0.15, -0.1) is 0 Å². The summed E-state index contributed by atoms with van der Waals surface area (Å²) in [6, 6.07) is 8.13. The molecule has 2 heterocycles. The fourth-order valence-corrected chi connectivity index (χ4v) is 3.39. The molecule has 0 radical (unpaired) electrons. The van der Waals surface area contributed by atoms with Gasteiger partial charge in [-0.1, -0.05) is 18.2 Å². The number of hydrogen-bond donors (Lipinski definition) is 1. The number of hydrogen-bond acceptors (Lipinski definition) is 3. The summed E-state index contributed by atoms with van der Waals surface area (Å²) in [5, 5.41) is 7.75. The minimum absolute atomic E-state index is 0.517. The summed E-state index contributed by atoms with van der Waals surface area (Å²) in [6.07, 6.45) is 5.23. The summed E-state index contributed by atoms with van der Waals surface area (Å²) in [5.41, 5.74) is 2.43. The van der Waals surface area contributed by atoms with Crippen LogP contribution in [0.5, 0.6) is 5.75 Å². The molecule has 0 bridgehead atoms. The number of aromatic nitrogens is 2. The van der Waals surface area contributed by atoms with Crippen LogP contribution in [0.15, 0.2) is 41.7 Å². The van der Waals surface area contributed by atoms with Crippen molar-refractivity contribution >= 4 is 5.96 Å². The Balaban J connectivity index is 1.70. The van der Waals surface area contributed by atoms with Crippen molar-refractivity contribution in [2.24, 2.45) is 12.0 Å². The van der Waals surface area contributed by atoms with Gasteiger partial charge in [0.05, 0.1) is 19.3 Å². The summed E-state index contributed by atoms with van der Waals surface area (Å²) < 4.78 is 7.60. The van der Waals surface area contributed by atoms with Gasteiger partial charge in [-0.05, 0) is 31.9 Å². The Morgan fingerprint density at radius 3 is 2.92 bits per heavy atom. The molecule has 6 nitrogen and oxygen atoms in total. The number of aryl methyl sites for hydroxylation is 1. The molecule has 1 atom stereocenters. The predicted molar refractivity (Wildman–Crippen MR) is 105 cm³/mol. The first kappa shape index (κ1) is 18.3. The van der Waals surface area contributed by atoms with Crippen molar-refractivity contribution in [1.82, 2.24) is 20.0 Å². The van der Waals surface area contributed by atoms with Crippen molar-refractivity contribution in [2.45, 2.75) is 32.7 Å². The Bertz CT molecular complexity index is 739. The van der Waals surface area contributed by atoms with Gasteiger partial charge in [-0.3, -0.25) is 4.68 Å². The van der Waals surface area contributed by atoms with E-state index >= 15 is 0 Å². The summed E-state index contributed by atoms with van der Waals surface area (Å²) in [7, 11) is 1.97. The standard InChI is InChI=1S/C20H29N5O/c1-4-21-20(22-12-16-8-6-7-9-19(16)26-5-2)25-11-10-17(15-25)18-13-23-24(3)14-18/h6-9,13-14,17H,4-5,10-12,15H2,1-3H3,(H,21,22). The molecule has 1 unspecified atom stereocenters. The number of rotatable bonds is 6. The fraction of sp³-hybridized carbons (Fsp3) is 0.500. The molecule has 0 aliphatic carbocycles. The van der Waals surface area contributed by atoms with Crippen molar-refractivity contribution < 1.29 is 4.74 Å². The number of nitrogens with one attached hydrogen (secondary N) is 1. The van der Waals surface area contributed by atoms with Crippen LogP contribution >= 0.6 is 0 Å². The summed E-state index contributed by atoms with van der Waals surface area (Å²) in [4.78, 5) is 7.22. The highest BCUT2D eigenvalue weighted by molar-refractivity contribution is 5.80. The van der Waals surface area contributed by atoms with Crippen LogP contribution in [0.2, 0.25) is 0 Å². The van der Waals surface area contributed by atoms with Crippen LogP contribution in [-0.2, 0) is 13.6 Å². The Morgan fingerprint density at radius 2 is 2.19 bits per heavy atom. The van der Waals surface area contributed by atoms with Crippen molar-refractivity contribution in [3.05, 3.63) is 47.8 Å². The quantitative estimate of drug-likeness (QED) is 0.639. The first-order valence-electron chi connectivity index (χ1n) is 9.43. The second-order valence-electron chi connectivity index (χ2n) is 6.59. The van der Waals surface area contributed by atoms with Crippen LogP contribution < -0.4 is 10.1 Å². The van der Waals surface area contributed by atoms with Gasteiger partial charge < -0.3 is 15.0 Å². The number of para-hydroxylation sites is 1. The molecule has 0 saturated carbocycles. The van der Waals surface area contributed by atoms with E-state index in [2.05, 4.69) is 34.5 Å². The molecule has 1 saturated heterocycles. The van der Waals surface area contributed by atoms with Crippen LogP contribution in [0.4, 0.5) is 0 Å². The Kier molecular flexibility index (Phi) is 6.15. The van der Waals surface area contributed by atoms with Crippen molar-refractivity contribution in [3.8, 4) is 5.75 Å². The minimum Gasteiger partial charge on any atom is -0.494 e. The van der Waals surface area contributed by atoms with Crippen LogP contribution in [0, 0.1) is 0 Å². The molecular weight excluding hydrogens is 326 g/mol. The highest BCUT2D eigenvalue weighted by Gasteiger charge is 2.26. The van der Waals surface area contributed by atoms with Gasteiger partial charge >= 0.3 is 0 Å². The van der Waals surface area contributed by atoms with E-state index in [-0.39, 0.29) is 0 Å². The Morgan fingerprint density at radius 1 is 1.35 bits per heavy atom. The molecule has 140 valence electrons. The monoisotopic (exact) mass is 355 g/mol. The molecule has 2 aromatic rings. The maximum atomic E-state index is 5.72. The van der Waals surface area contributed by atoms with Gasteiger partial charge in [0.1, 0.15) is 5.75 Å². The lowest BCUT2D eigenvalue weighted by Gasteiger charge is -2.21.